The molecule has 2 rings (SSSR count). The molecule has 1 amide bonds. The van der Waals surface area contributed by atoms with Gasteiger partial charge in [0.05, 0.1) is 25.9 Å². The Morgan fingerprint density at radius 2 is 2.10 bits per heavy atom. The van der Waals surface area contributed by atoms with Crippen molar-refractivity contribution in [3.05, 3.63) is 18.2 Å². The van der Waals surface area contributed by atoms with Crippen LogP contribution in [0.3, 0.4) is 0 Å². The molecule has 1 unspecified atom stereocenters. The molecule has 0 saturated carbocycles. The fraction of sp³-hybridized carbons (Fsp3) is 0.533. The lowest BCUT2D eigenvalue weighted by atomic mass is 10.0. The molecule has 1 aromatic carbocycles. The molecule has 0 bridgehead atoms. The molecule has 1 atom stereocenters. The van der Waals surface area contributed by atoms with Gasteiger partial charge in [0.2, 0.25) is 5.91 Å². The molecule has 1 saturated heterocycles. The van der Waals surface area contributed by atoms with Crippen LogP contribution in [0.2, 0.25) is 0 Å². The van der Waals surface area contributed by atoms with E-state index in [2.05, 4.69) is 10.2 Å². The number of piperidine rings is 1. The third-order valence-electron chi connectivity index (χ3n) is 3.74. The van der Waals surface area contributed by atoms with E-state index in [0.717, 1.165) is 25.8 Å². The zero-order valence-electron chi connectivity index (χ0n) is 12.3. The minimum Gasteiger partial charge on any atom is -0.497 e. The fourth-order valence-corrected chi connectivity index (χ4v) is 2.53. The summed E-state index contributed by atoms with van der Waals surface area (Å²) in [4.78, 5) is 14.5. The molecule has 0 spiro atoms. The first-order valence-corrected chi connectivity index (χ1v) is 6.89. The Balaban J connectivity index is 2.13. The van der Waals surface area contributed by atoms with Crippen LogP contribution >= 0.6 is 0 Å². The van der Waals surface area contributed by atoms with Crippen LogP contribution in [-0.4, -0.2) is 44.7 Å². The number of hydrogen-bond donors (Lipinski definition) is 1. The summed E-state index contributed by atoms with van der Waals surface area (Å²) < 4.78 is 10.5. The highest BCUT2D eigenvalue weighted by atomic mass is 16.5. The van der Waals surface area contributed by atoms with Crippen LogP contribution in [0.1, 0.15) is 19.3 Å². The smallest absolute Gasteiger partial charge is 0.241 e. The van der Waals surface area contributed by atoms with Gasteiger partial charge in [0.15, 0.2) is 0 Å². The number of nitrogens with zero attached hydrogens (tertiary/aromatic N) is 1. The first-order valence-electron chi connectivity index (χ1n) is 6.89. The maximum atomic E-state index is 12.4. The lowest BCUT2D eigenvalue weighted by Gasteiger charge is -2.31. The predicted octanol–water partition coefficient (Wildman–Crippen LogP) is 2.13. The van der Waals surface area contributed by atoms with E-state index in [1.807, 2.05) is 7.05 Å². The molecule has 1 fully saturated rings. The normalized spacial score (nSPS) is 19.4. The number of likely N-dealkylation sites (N-methyl/N-ethyl adjacent to an activating group) is 1. The largest absolute Gasteiger partial charge is 0.497 e. The summed E-state index contributed by atoms with van der Waals surface area (Å²) >= 11 is 0. The second-order valence-corrected chi connectivity index (χ2v) is 5.05. The van der Waals surface area contributed by atoms with Crippen LogP contribution in [0.4, 0.5) is 5.69 Å². The molecule has 1 aromatic rings. The van der Waals surface area contributed by atoms with Crippen molar-refractivity contribution in [3.63, 3.8) is 0 Å². The van der Waals surface area contributed by atoms with Crippen molar-refractivity contribution in [2.45, 2.75) is 25.3 Å². The molecule has 1 N–H and O–H groups in total. The molecule has 0 aromatic heterocycles. The van der Waals surface area contributed by atoms with E-state index in [9.17, 15) is 4.79 Å². The monoisotopic (exact) mass is 278 g/mol. The highest BCUT2D eigenvalue weighted by Crippen LogP contribution is 2.29. The maximum absolute atomic E-state index is 12.4. The van der Waals surface area contributed by atoms with E-state index in [1.165, 1.54) is 0 Å². The van der Waals surface area contributed by atoms with Gasteiger partial charge in [0.1, 0.15) is 11.5 Å². The number of rotatable bonds is 4. The first-order chi connectivity index (χ1) is 9.65. The summed E-state index contributed by atoms with van der Waals surface area (Å²) in [7, 11) is 5.18. The number of methoxy groups -OCH3 is 2. The number of carbonyl (C=O) groups is 1. The van der Waals surface area contributed by atoms with Crippen LogP contribution in [0, 0.1) is 0 Å². The van der Waals surface area contributed by atoms with E-state index in [0.29, 0.717) is 17.2 Å². The molecule has 1 heterocycles. The summed E-state index contributed by atoms with van der Waals surface area (Å²) in [6.07, 6.45) is 3.15. The number of hydrogen-bond acceptors (Lipinski definition) is 4. The Kier molecular flexibility index (Phi) is 4.84. The second-order valence-electron chi connectivity index (χ2n) is 5.05. The van der Waals surface area contributed by atoms with Gasteiger partial charge in [0.25, 0.3) is 0 Å². The molecule has 1 aliphatic heterocycles. The first kappa shape index (κ1) is 14.7. The zero-order chi connectivity index (χ0) is 14.5. The van der Waals surface area contributed by atoms with Crippen LogP contribution in [0.25, 0.3) is 0 Å². The topological polar surface area (TPSA) is 50.8 Å². The molecular formula is C15H22N2O3. The van der Waals surface area contributed by atoms with Crippen LogP contribution in [0.5, 0.6) is 11.5 Å². The summed E-state index contributed by atoms with van der Waals surface area (Å²) in [5.41, 5.74) is 0.649. The highest BCUT2D eigenvalue weighted by molar-refractivity contribution is 5.96. The van der Waals surface area contributed by atoms with Gasteiger partial charge in [0, 0.05) is 6.07 Å². The van der Waals surface area contributed by atoms with Gasteiger partial charge in [-0.2, -0.15) is 0 Å². The fourth-order valence-electron chi connectivity index (χ4n) is 2.53. The van der Waals surface area contributed by atoms with Crippen molar-refractivity contribution in [2.75, 3.05) is 33.1 Å². The molecule has 0 radical (unpaired) electrons. The summed E-state index contributed by atoms with van der Waals surface area (Å²) in [6.45, 7) is 0.966. The van der Waals surface area contributed by atoms with Crippen molar-refractivity contribution < 1.29 is 14.3 Å². The predicted molar refractivity (Wildman–Crippen MR) is 78.4 cm³/mol. The average molecular weight is 278 g/mol. The van der Waals surface area contributed by atoms with Gasteiger partial charge >= 0.3 is 0 Å². The van der Waals surface area contributed by atoms with Crippen molar-refractivity contribution in [3.8, 4) is 11.5 Å². The number of carbonyl (C=O) groups excluding carboxylic acids is 1. The van der Waals surface area contributed by atoms with Crippen molar-refractivity contribution in [1.82, 2.24) is 4.90 Å². The van der Waals surface area contributed by atoms with Gasteiger partial charge in [-0.25, -0.2) is 0 Å². The SMILES string of the molecule is COc1ccc(OC)c(NC(=O)C2CCCCN2C)c1. The van der Waals surface area contributed by atoms with E-state index in [-0.39, 0.29) is 11.9 Å². The lowest BCUT2D eigenvalue weighted by Crippen LogP contribution is -2.44. The van der Waals surface area contributed by atoms with E-state index in [4.69, 9.17) is 9.47 Å². The van der Waals surface area contributed by atoms with Crippen LogP contribution in [0.15, 0.2) is 18.2 Å². The number of benzene rings is 1. The lowest BCUT2D eigenvalue weighted by molar-refractivity contribution is -0.121. The number of anilines is 1. The highest BCUT2D eigenvalue weighted by Gasteiger charge is 2.26. The zero-order valence-corrected chi connectivity index (χ0v) is 12.3. The third kappa shape index (κ3) is 3.22. The second kappa shape index (κ2) is 6.61. The van der Waals surface area contributed by atoms with E-state index in [1.54, 1.807) is 32.4 Å². The Morgan fingerprint density at radius 1 is 1.30 bits per heavy atom. The standard InChI is InChI=1S/C15H22N2O3/c1-17-9-5-4-6-13(17)15(18)16-12-10-11(19-2)7-8-14(12)20-3/h7-8,10,13H,4-6,9H2,1-3H3,(H,16,18). The number of ether oxygens (including phenoxy) is 2. The van der Waals surface area contributed by atoms with Gasteiger partial charge in [-0.15, -0.1) is 0 Å². The molecule has 1 aliphatic rings. The summed E-state index contributed by atoms with van der Waals surface area (Å²) in [5.74, 6) is 1.34. The molecule has 5 heteroatoms. The van der Waals surface area contributed by atoms with E-state index >= 15 is 0 Å². The minimum atomic E-state index is -0.0698. The van der Waals surface area contributed by atoms with Crippen molar-refractivity contribution in [1.29, 1.82) is 0 Å². The van der Waals surface area contributed by atoms with Crippen LogP contribution in [-0.2, 0) is 4.79 Å². The molecule has 110 valence electrons. The van der Waals surface area contributed by atoms with Gasteiger partial charge in [-0.3, -0.25) is 9.69 Å². The Hall–Kier alpha value is -1.75. The Bertz CT molecular complexity index is 476. The Morgan fingerprint density at radius 3 is 2.75 bits per heavy atom. The third-order valence-corrected chi connectivity index (χ3v) is 3.74. The van der Waals surface area contributed by atoms with Crippen molar-refractivity contribution >= 4 is 11.6 Å². The number of nitrogens with one attached hydrogen (secondary N) is 1. The van der Waals surface area contributed by atoms with E-state index < -0.39 is 0 Å². The van der Waals surface area contributed by atoms with Gasteiger partial charge in [-0.1, -0.05) is 6.42 Å². The maximum Gasteiger partial charge on any atom is 0.241 e. The molecule has 5 nitrogen and oxygen atoms in total. The molecular weight excluding hydrogens is 256 g/mol. The van der Waals surface area contributed by atoms with Crippen molar-refractivity contribution in [2.24, 2.45) is 0 Å². The molecule has 20 heavy (non-hydrogen) atoms. The summed E-state index contributed by atoms with van der Waals surface area (Å²) in [6, 6.07) is 5.31. The quantitative estimate of drug-likeness (QED) is 0.916. The Labute approximate surface area is 119 Å². The average Bonchev–Trinajstić information content (AvgIpc) is 2.47. The number of amides is 1. The van der Waals surface area contributed by atoms with Gasteiger partial charge < -0.3 is 14.8 Å². The number of likely N-dealkylation sites (tertiary alicyclic amines) is 1. The van der Waals surface area contributed by atoms with Gasteiger partial charge in [-0.05, 0) is 38.6 Å². The minimum absolute atomic E-state index is 0.0127. The summed E-state index contributed by atoms with van der Waals surface area (Å²) in [5, 5.41) is 2.95. The molecule has 0 aliphatic carbocycles. The van der Waals surface area contributed by atoms with Crippen LogP contribution < -0.4 is 14.8 Å².